The van der Waals surface area contributed by atoms with Crippen LogP contribution < -0.4 is 9.47 Å². The molecule has 0 aliphatic heterocycles. The summed E-state index contributed by atoms with van der Waals surface area (Å²) in [6.45, 7) is 2.60. The van der Waals surface area contributed by atoms with Gasteiger partial charge in [0.25, 0.3) is 0 Å². The quantitative estimate of drug-likeness (QED) is 0.313. The van der Waals surface area contributed by atoms with Crippen molar-refractivity contribution >= 4 is 23.4 Å². The average Bonchev–Trinajstić information content (AvgIpc) is 3.27. The normalized spacial score (nSPS) is 13.8. The van der Waals surface area contributed by atoms with Crippen molar-refractivity contribution in [2.75, 3.05) is 13.2 Å². The van der Waals surface area contributed by atoms with E-state index >= 15 is 0 Å². The molecule has 7 heteroatoms. The van der Waals surface area contributed by atoms with Gasteiger partial charge in [0.1, 0.15) is 17.2 Å². The zero-order valence-corrected chi connectivity index (χ0v) is 19.0. The number of benzene rings is 2. The molecule has 0 unspecified atom stereocenters. The Morgan fingerprint density at radius 3 is 2.28 bits per heavy atom. The first-order chi connectivity index (χ1) is 15.4. The second-order valence-corrected chi connectivity index (χ2v) is 8.62. The molecule has 2 aromatic rings. The summed E-state index contributed by atoms with van der Waals surface area (Å²) in [5.41, 5.74) is 1.06. The lowest BCUT2D eigenvalue weighted by Crippen LogP contribution is -2.08. The molecule has 0 bridgehead atoms. The van der Waals surface area contributed by atoms with Gasteiger partial charge in [-0.2, -0.15) is 0 Å². The molecule has 32 heavy (non-hydrogen) atoms. The Hall–Kier alpha value is -2.73. The Morgan fingerprint density at radius 2 is 1.66 bits per heavy atom. The van der Waals surface area contributed by atoms with Crippen LogP contribution in [0.5, 0.6) is 17.2 Å². The molecule has 1 fully saturated rings. The van der Waals surface area contributed by atoms with Crippen LogP contribution in [0, 0.1) is 12.8 Å². The van der Waals surface area contributed by atoms with E-state index in [0.29, 0.717) is 61.0 Å². The van der Waals surface area contributed by atoms with Crippen LogP contribution in [0.3, 0.4) is 0 Å². The van der Waals surface area contributed by atoms with Crippen molar-refractivity contribution in [3.8, 4) is 17.2 Å². The number of halogens is 1. The summed E-state index contributed by atoms with van der Waals surface area (Å²) in [6.07, 6.45) is 6.48. The molecule has 0 saturated heterocycles. The van der Waals surface area contributed by atoms with Gasteiger partial charge in [0.2, 0.25) is 0 Å². The van der Waals surface area contributed by atoms with Gasteiger partial charge >= 0.3 is 5.97 Å². The molecular weight excluding hydrogens is 432 g/mol. The van der Waals surface area contributed by atoms with Crippen LogP contribution in [0.25, 0.3) is 0 Å². The van der Waals surface area contributed by atoms with E-state index in [1.54, 1.807) is 25.1 Å². The van der Waals surface area contributed by atoms with Crippen molar-refractivity contribution in [3.05, 3.63) is 52.0 Å². The highest BCUT2D eigenvalue weighted by molar-refractivity contribution is 6.32. The number of carbonyl (C=O) groups is 2. The first-order valence-electron chi connectivity index (χ1n) is 11.0. The number of ketones is 1. The summed E-state index contributed by atoms with van der Waals surface area (Å²) in [6, 6.07) is 7.76. The monoisotopic (exact) mass is 460 g/mol. The van der Waals surface area contributed by atoms with E-state index in [4.69, 9.17) is 26.2 Å². The number of aromatic hydroxyl groups is 1. The molecule has 2 N–H and O–H groups in total. The molecular formula is C25H29ClO6. The summed E-state index contributed by atoms with van der Waals surface area (Å²) < 4.78 is 11.4. The van der Waals surface area contributed by atoms with Crippen LogP contribution >= 0.6 is 11.6 Å². The highest BCUT2D eigenvalue weighted by Crippen LogP contribution is 2.34. The van der Waals surface area contributed by atoms with Gasteiger partial charge in [0.15, 0.2) is 5.78 Å². The van der Waals surface area contributed by atoms with Crippen LogP contribution in [0.4, 0.5) is 0 Å². The zero-order chi connectivity index (χ0) is 23.1. The van der Waals surface area contributed by atoms with E-state index in [2.05, 4.69) is 0 Å². The number of carbonyl (C=O) groups excluding carboxylic acids is 1. The van der Waals surface area contributed by atoms with Crippen LogP contribution in [0.2, 0.25) is 5.02 Å². The molecule has 6 nitrogen and oxygen atoms in total. The number of phenolic OH excluding ortho intramolecular Hbond substituents is 1. The number of phenols is 1. The number of ether oxygens (including phenoxy) is 2. The number of rotatable bonds is 11. The summed E-state index contributed by atoms with van der Waals surface area (Å²) in [5.74, 6) is 0.405. The van der Waals surface area contributed by atoms with Crippen molar-refractivity contribution in [1.29, 1.82) is 0 Å². The Kier molecular flexibility index (Phi) is 8.39. The van der Waals surface area contributed by atoms with Gasteiger partial charge in [-0.15, -0.1) is 0 Å². The van der Waals surface area contributed by atoms with Crippen LogP contribution in [0.15, 0.2) is 30.3 Å². The van der Waals surface area contributed by atoms with E-state index in [9.17, 15) is 14.7 Å². The Balaban J connectivity index is 1.43. The van der Waals surface area contributed by atoms with E-state index in [1.165, 1.54) is 25.0 Å². The molecule has 0 heterocycles. The van der Waals surface area contributed by atoms with Crippen molar-refractivity contribution in [2.45, 2.75) is 51.9 Å². The molecule has 172 valence electrons. The maximum atomic E-state index is 12.6. The fourth-order valence-corrected chi connectivity index (χ4v) is 4.20. The van der Waals surface area contributed by atoms with Crippen LogP contribution in [-0.2, 0) is 0 Å². The first kappa shape index (κ1) is 23.9. The number of hydrogen-bond acceptors (Lipinski definition) is 5. The maximum Gasteiger partial charge on any atom is 0.335 e. The number of Topliss-reactive ketones (excluding diaryl/α,β-unsaturated/α-hetero) is 1. The van der Waals surface area contributed by atoms with Gasteiger partial charge in [-0.25, -0.2) is 4.79 Å². The Morgan fingerprint density at radius 1 is 1.03 bits per heavy atom. The standard InChI is InChI=1S/C25H29ClO6/c1-16-22(11-9-19(24(16)28)21(27)14-17-6-2-3-7-17)31-12-4-5-13-32-23-10-8-18(25(29)30)15-20(23)26/h8-11,15,17,28H,2-7,12-14H2,1H3,(H,29,30). The number of aromatic carboxylic acids is 1. The van der Waals surface area contributed by atoms with Gasteiger partial charge in [-0.1, -0.05) is 37.3 Å². The molecule has 0 spiro atoms. The van der Waals surface area contributed by atoms with E-state index < -0.39 is 5.97 Å². The summed E-state index contributed by atoms with van der Waals surface area (Å²) in [4.78, 5) is 23.5. The van der Waals surface area contributed by atoms with E-state index in [0.717, 1.165) is 12.8 Å². The minimum atomic E-state index is -1.04. The fourth-order valence-electron chi connectivity index (χ4n) is 3.97. The zero-order valence-electron chi connectivity index (χ0n) is 18.2. The molecule has 0 amide bonds. The lowest BCUT2D eigenvalue weighted by molar-refractivity contribution is 0.0696. The summed E-state index contributed by atoms with van der Waals surface area (Å²) in [7, 11) is 0. The number of carboxylic acid groups (broad SMARTS) is 1. The topological polar surface area (TPSA) is 93.1 Å². The third-order valence-corrected chi connectivity index (χ3v) is 6.16. The molecule has 0 aromatic heterocycles. The lowest BCUT2D eigenvalue weighted by Gasteiger charge is -2.14. The smallest absolute Gasteiger partial charge is 0.335 e. The molecule has 0 radical (unpaired) electrons. The van der Waals surface area contributed by atoms with Gasteiger partial charge in [-0.3, -0.25) is 4.79 Å². The van der Waals surface area contributed by atoms with Crippen LogP contribution in [-0.4, -0.2) is 35.2 Å². The maximum absolute atomic E-state index is 12.6. The third-order valence-electron chi connectivity index (χ3n) is 5.86. The second-order valence-electron chi connectivity index (χ2n) is 8.22. The number of unbranched alkanes of at least 4 members (excludes halogenated alkanes) is 1. The first-order valence-corrected chi connectivity index (χ1v) is 11.4. The van der Waals surface area contributed by atoms with Gasteiger partial charge < -0.3 is 19.7 Å². The molecule has 1 aliphatic carbocycles. The third kappa shape index (κ3) is 6.16. The molecule has 1 saturated carbocycles. The van der Waals surface area contributed by atoms with Crippen molar-refractivity contribution < 1.29 is 29.3 Å². The fraction of sp³-hybridized carbons (Fsp3) is 0.440. The van der Waals surface area contributed by atoms with Crippen molar-refractivity contribution in [3.63, 3.8) is 0 Å². The van der Waals surface area contributed by atoms with Gasteiger partial charge in [-0.05, 0) is 56.0 Å². The number of carboxylic acids is 1. The lowest BCUT2D eigenvalue weighted by atomic mass is 9.95. The van der Waals surface area contributed by atoms with Gasteiger partial charge in [0.05, 0.1) is 29.4 Å². The summed E-state index contributed by atoms with van der Waals surface area (Å²) in [5, 5.41) is 19.7. The highest BCUT2D eigenvalue weighted by atomic mass is 35.5. The number of hydrogen-bond donors (Lipinski definition) is 2. The predicted octanol–water partition coefficient (Wildman–Crippen LogP) is 6.05. The largest absolute Gasteiger partial charge is 0.507 e. The SMILES string of the molecule is Cc1c(OCCCCOc2ccc(C(=O)O)cc2Cl)ccc(C(=O)CC2CCCC2)c1O. The Bertz CT molecular complexity index is 965. The van der Waals surface area contributed by atoms with Gasteiger partial charge in [0, 0.05) is 12.0 Å². The molecule has 0 atom stereocenters. The van der Waals surface area contributed by atoms with E-state index in [1.807, 2.05) is 0 Å². The van der Waals surface area contributed by atoms with Crippen LogP contribution in [0.1, 0.15) is 71.2 Å². The molecule has 2 aromatic carbocycles. The van der Waals surface area contributed by atoms with Crippen molar-refractivity contribution in [1.82, 2.24) is 0 Å². The minimum Gasteiger partial charge on any atom is -0.507 e. The van der Waals surface area contributed by atoms with Crippen molar-refractivity contribution in [2.24, 2.45) is 5.92 Å². The molecule has 3 rings (SSSR count). The molecule has 1 aliphatic rings. The average molecular weight is 461 g/mol. The van der Waals surface area contributed by atoms with E-state index in [-0.39, 0.29) is 22.1 Å². The predicted molar refractivity (Wildman–Crippen MR) is 122 cm³/mol. The second kappa shape index (κ2) is 11.2. The minimum absolute atomic E-state index is 0.00348. The summed E-state index contributed by atoms with van der Waals surface area (Å²) >= 11 is 6.05. The highest BCUT2D eigenvalue weighted by Gasteiger charge is 2.22. The Labute approximate surface area is 193 Å².